The summed E-state index contributed by atoms with van der Waals surface area (Å²) in [6.45, 7) is 2.20. The number of hydrogen-bond acceptors (Lipinski definition) is 3. The van der Waals surface area contributed by atoms with Gasteiger partial charge in [-0.2, -0.15) is 8.42 Å². The van der Waals surface area contributed by atoms with Crippen molar-refractivity contribution in [2.24, 2.45) is 0 Å². The Morgan fingerprint density at radius 3 is 2.33 bits per heavy atom. The molecule has 1 atom stereocenters. The molecular formula is C16H28O3S2. The SMILES string of the molecule is CCCCCCCCCC(CCc1cccs1)S(=O)(=O)O. The van der Waals surface area contributed by atoms with Crippen molar-refractivity contribution in [3.8, 4) is 0 Å². The molecule has 1 rings (SSSR count). The maximum Gasteiger partial charge on any atom is 0.267 e. The van der Waals surface area contributed by atoms with Gasteiger partial charge in [-0.15, -0.1) is 11.3 Å². The average molecular weight is 333 g/mol. The Balaban J connectivity index is 2.24. The summed E-state index contributed by atoms with van der Waals surface area (Å²) in [7, 11) is -3.91. The highest BCUT2D eigenvalue weighted by atomic mass is 32.2. The van der Waals surface area contributed by atoms with Crippen LogP contribution in [0, 0.1) is 0 Å². The summed E-state index contributed by atoms with van der Waals surface area (Å²) >= 11 is 1.64. The third-order valence-electron chi connectivity index (χ3n) is 3.84. The predicted octanol–water partition coefficient (Wildman–Crippen LogP) is 5.08. The van der Waals surface area contributed by atoms with Crippen LogP contribution in [0.5, 0.6) is 0 Å². The smallest absolute Gasteiger partial charge is 0.267 e. The fourth-order valence-corrected chi connectivity index (χ4v) is 4.13. The van der Waals surface area contributed by atoms with Gasteiger partial charge >= 0.3 is 0 Å². The van der Waals surface area contributed by atoms with Crippen molar-refractivity contribution < 1.29 is 13.0 Å². The molecule has 3 nitrogen and oxygen atoms in total. The van der Waals surface area contributed by atoms with E-state index < -0.39 is 15.4 Å². The van der Waals surface area contributed by atoms with E-state index in [4.69, 9.17) is 0 Å². The maximum absolute atomic E-state index is 11.5. The normalized spacial score (nSPS) is 13.4. The Hall–Kier alpha value is -0.390. The number of unbranched alkanes of at least 4 members (excludes halogenated alkanes) is 6. The van der Waals surface area contributed by atoms with Gasteiger partial charge in [0.25, 0.3) is 10.1 Å². The molecule has 0 saturated carbocycles. The van der Waals surface area contributed by atoms with Gasteiger partial charge in [-0.1, -0.05) is 57.9 Å². The van der Waals surface area contributed by atoms with E-state index in [-0.39, 0.29) is 0 Å². The van der Waals surface area contributed by atoms with Gasteiger partial charge in [-0.05, 0) is 30.7 Å². The summed E-state index contributed by atoms with van der Waals surface area (Å²) in [5.41, 5.74) is 0. The molecule has 21 heavy (non-hydrogen) atoms. The summed E-state index contributed by atoms with van der Waals surface area (Å²) in [5.74, 6) is 0. The molecule has 1 heterocycles. The van der Waals surface area contributed by atoms with Crippen LogP contribution in [-0.4, -0.2) is 18.2 Å². The first-order valence-corrected chi connectivity index (χ1v) is 10.4. The highest BCUT2D eigenvalue weighted by molar-refractivity contribution is 7.86. The molecule has 0 fully saturated rings. The topological polar surface area (TPSA) is 54.4 Å². The van der Waals surface area contributed by atoms with E-state index in [1.54, 1.807) is 11.3 Å². The third-order valence-corrected chi connectivity index (χ3v) is 6.09. The molecule has 0 aliphatic carbocycles. The lowest BCUT2D eigenvalue weighted by Gasteiger charge is -2.13. The summed E-state index contributed by atoms with van der Waals surface area (Å²) in [6, 6.07) is 3.98. The molecule has 0 amide bonds. The van der Waals surface area contributed by atoms with Crippen molar-refractivity contribution in [2.45, 2.75) is 76.4 Å². The van der Waals surface area contributed by atoms with Crippen molar-refractivity contribution >= 4 is 21.5 Å². The lowest BCUT2D eigenvalue weighted by Crippen LogP contribution is -2.21. The first-order chi connectivity index (χ1) is 10.0. The fourth-order valence-electron chi connectivity index (χ4n) is 2.53. The monoisotopic (exact) mass is 332 g/mol. The van der Waals surface area contributed by atoms with E-state index in [2.05, 4.69) is 6.92 Å². The highest BCUT2D eigenvalue weighted by Gasteiger charge is 2.22. The molecule has 0 spiro atoms. The van der Waals surface area contributed by atoms with Gasteiger partial charge in [0.15, 0.2) is 0 Å². The number of hydrogen-bond donors (Lipinski definition) is 1. The highest BCUT2D eigenvalue weighted by Crippen LogP contribution is 2.19. The van der Waals surface area contributed by atoms with Gasteiger partial charge < -0.3 is 0 Å². The standard InChI is InChI=1S/C16H28O3S2/c1-2-3-4-5-6-7-8-11-16(21(17,18)19)13-12-15-10-9-14-20-15/h9-10,14,16H,2-8,11-13H2,1H3,(H,17,18,19). The van der Waals surface area contributed by atoms with E-state index in [1.807, 2.05) is 17.5 Å². The van der Waals surface area contributed by atoms with E-state index in [1.165, 1.54) is 37.0 Å². The van der Waals surface area contributed by atoms with Gasteiger partial charge in [0, 0.05) is 4.88 Å². The van der Waals surface area contributed by atoms with Gasteiger partial charge in [0.05, 0.1) is 5.25 Å². The van der Waals surface area contributed by atoms with E-state index in [0.717, 1.165) is 19.3 Å². The Morgan fingerprint density at radius 2 is 1.76 bits per heavy atom. The second kappa shape index (κ2) is 10.4. The lowest BCUT2D eigenvalue weighted by atomic mass is 10.1. The zero-order valence-corrected chi connectivity index (χ0v) is 14.6. The molecule has 0 radical (unpaired) electrons. The molecule has 0 bridgehead atoms. The van der Waals surface area contributed by atoms with Crippen molar-refractivity contribution in [3.63, 3.8) is 0 Å². The minimum absolute atomic E-state index is 0.523. The molecule has 0 aromatic carbocycles. The fraction of sp³-hybridized carbons (Fsp3) is 0.750. The van der Waals surface area contributed by atoms with Crippen LogP contribution in [0.2, 0.25) is 0 Å². The lowest BCUT2D eigenvalue weighted by molar-refractivity contribution is 0.449. The molecule has 5 heteroatoms. The quantitative estimate of drug-likeness (QED) is 0.429. The van der Waals surface area contributed by atoms with Crippen LogP contribution in [0.3, 0.4) is 0 Å². The third kappa shape index (κ3) is 8.59. The molecule has 0 saturated heterocycles. The zero-order valence-electron chi connectivity index (χ0n) is 13.0. The summed E-state index contributed by atoms with van der Waals surface area (Å²) < 4.78 is 32.3. The van der Waals surface area contributed by atoms with Crippen molar-refractivity contribution in [3.05, 3.63) is 22.4 Å². The van der Waals surface area contributed by atoms with E-state index in [0.29, 0.717) is 12.8 Å². The van der Waals surface area contributed by atoms with Gasteiger partial charge in [0.1, 0.15) is 0 Å². The van der Waals surface area contributed by atoms with E-state index >= 15 is 0 Å². The van der Waals surface area contributed by atoms with Crippen molar-refractivity contribution in [1.29, 1.82) is 0 Å². The minimum atomic E-state index is -3.91. The first kappa shape index (κ1) is 18.7. The largest absolute Gasteiger partial charge is 0.285 e. The number of aryl methyl sites for hydroxylation is 1. The van der Waals surface area contributed by atoms with Gasteiger partial charge in [-0.3, -0.25) is 4.55 Å². The maximum atomic E-state index is 11.5. The van der Waals surface area contributed by atoms with Crippen LogP contribution in [-0.2, 0) is 16.5 Å². The van der Waals surface area contributed by atoms with Crippen LogP contribution >= 0.6 is 11.3 Å². The molecular weight excluding hydrogens is 304 g/mol. The second-order valence-corrected chi connectivity index (χ2v) is 8.39. The van der Waals surface area contributed by atoms with Crippen LogP contribution in [0.15, 0.2) is 17.5 Å². The summed E-state index contributed by atoms with van der Waals surface area (Å²) in [5, 5.41) is 1.39. The molecule has 0 aliphatic rings. The number of rotatable bonds is 12. The minimum Gasteiger partial charge on any atom is -0.285 e. The molecule has 1 N–H and O–H groups in total. The Kier molecular flexibility index (Phi) is 9.20. The Bertz CT molecular complexity index is 452. The van der Waals surface area contributed by atoms with Crippen LogP contribution < -0.4 is 0 Å². The average Bonchev–Trinajstić information content (AvgIpc) is 2.92. The van der Waals surface area contributed by atoms with E-state index in [9.17, 15) is 13.0 Å². The first-order valence-electron chi connectivity index (χ1n) is 8.02. The van der Waals surface area contributed by atoms with Crippen LogP contribution in [0.25, 0.3) is 0 Å². The zero-order chi connectivity index (χ0) is 15.6. The summed E-state index contributed by atoms with van der Waals surface area (Å²) in [4.78, 5) is 1.18. The van der Waals surface area contributed by atoms with Crippen LogP contribution in [0.1, 0.15) is 69.6 Å². The van der Waals surface area contributed by atoms with Crippen LogP contribution in [0.4, 0.5) is 0 Å². The Morgan fingerprint density at radius 1 is 1.10 bits per heavy atom. The molecule has 1 unspecified atom stereocenters. The predicted molar refractivity (Wildman–Crippen MR) is 90.6 cm³/mol. The summed E-state index contributed by atoms with van der Waals surface area (Å²) in [6.07, 6.45) is 10.0. The molecule has 0 aliphatic heterocycles. The number of thiophene rings is 1. The molecule has 122 valence electrons. The Labute approximate surface area is 133 Å². The second-order valence-electron chi connectivity index (χ2n) is 5.67. The van der Waals surface area contributed by atoms with Gasteiger partial charge in [0.2, 0.25) is 0 Å². The van der Waals surface area contributed by atoms with Crippen molar-refractivity contribution in [1.82, 2.24) is 0 Å². The molecule has 1 aromatic rings. The molecule has 1 aromatic heterocycles. The van der Waals surface area contributed by atoms with Crippen molar-refractivity contribution in [2.75, 3.05) is 0 Å². The van der Waals surface area contributed by atoms with Gasteiger partial charge in [-0.25, -0.2) is 0 Å².